The highest BCUT2D eigenvalue weighted by Crippen LogP contribution is 2.47. The van der Waals surface area contributed by atoms with Crippen molar-refractivity contribution in [3.8, 4) is 28.3 Å². The zero-order valence-electron chi connectivity index (χ0n) is 23.0. The van der Waals surface area contributed by atoms with E-state index < -0.39 is 23.1 Å². The van der Waals surface area contributed by atoms with Crippen LogP contribution in [0.2, 0.25) is 10.0 Å². The van der Waals surface area contributed by atoms with E-state index in [0.717, 1.165) is 40.8 Å². The molecule has 1 aliphatic carbocycles. The first-order valence-electron chi connectivity index (χ1n) is 13.4. The van der Waals surface area contributed by atoms with Crippen LogP contribution in [0.25, 0.3) is 22.4 Å². The van der Waals surface area contributed by atoms with E-state index in [-0.39, 0.29) is 44.6 Å². The molecule has 1 saturated heterocycles. The number of likely N-dealkylation sites (tertiary alicyclic amines) is 1. The van der Waals surface area contributed by atoms with Gasteiger partial charge in [0.1, 0.15) is 17.2 Å². The fourth-order valence-corrected chi connectivity index (χ4v) is 6.35. The van der Waals surface area contributed by atoms with E-state index in [1.165, 1.54) is 38.6 Å². The van der Waals surface area contributed by atoms with Gasteiger partial charge in [-0.1, -0.05) is 23.2 Å². The summed E-state index contributed by atoms with van der Waals surface area (Å²) in [6.07, 6.45) is 2.51. The van der Waals surface area contributed by atoms with Crippen molar-refractivity contribution < 1.29 is 23.4 Å². The van der Waals surface area contributed by atoms with Gasteiger partial charge in [-0.2, -0.15) is 5.10 Å². The summed E-state index contributed by atoms with van der Waals surface area (Å²) < 4.78 is 37.4. The summed E-state index contributed by atoms with van der Waals surface area (Å²) in [5, 5.41) is 15.6. The Bertz CT molecular complexity index is 1840. The van der Waals surface area contributed by atoms with E-state index in [4.69, 9.17) is 27.9 Å². The number of amides is 1. The molecule has 2 aromatic heterocycles. The number of nitrogens with one attached hydrogen (secondary N) is 1. The molecule has 13 heteroatoms. The zero-order valence-corrected chi connectivity index (χ0v) is 24.5. The number of carbonyl (C=O) groups is 1. The monoisotopic (exact) mass is 627 g/mol. The molecule has 0 radical (unpaired) electrons. The normalized spacial score (nSPS) is 16.6. The van der Waals surface area contributed by atoms with Crippen LogP contribution in [0.15, 0.2) is 47.4 Å². The van der Waals surface area contributed by atoms with Crippen LogP contribution in [0.4, 0.5) is 14.5 Å². The van der Waals surface area contributed by atoms with Gasteiger partial charge in [0.2, 0.25) is 5.88 Å². The minimum atomic E-state index is -0.875. The van der Waals surface area contributed by atoms with Gasteiger partial charge in [0.25, 0.3) is 11.5 Å². The van der Waals surface area contributed by atoms with Crippen LogP contribution in [-0.2, 0) is 13.5 Å². The number of aliphatic hydroxyl groups is 1. The lowest BCUT2D eigenvalue weighted by Gasteiger charge is -2.40. The fourth-order valence-electron chi connectivity index (χ4n) is 5.71. The van der Waals surface area contributed by atoms with Gasteiger partial charge in [0.05, 0.1) is 34.6 Å². The van der Waals surface area contributed by atoms with Crippen molar-refractivity contribution in [2.24, 2.45) is 7.05 Å². The second kappa shape index (κ2) is 11.3. The van der Waals surface area contributed by atoms with Gasteiger partial charge in [-0.3, -0.25) is 14.5 Å². The lowest BCUT2D eigenvalue weighted by Crippen LogP contribution is -2.51. The Balaban J connectivity index is 1.40. The summed E-state index contributed by atoms with van der Waals surface area (Å²) in [6, 6.07) is 7.99. The van der Waals surface area contributed by atoms with Crippen molar-refractivity contribution in [3.05, 3.63) is 91.3 Å². The molecule has 0 bridgehead atoms. The van der Waals surface area contributed by atoms with Gasteiger partial charge in [0, 0.05) is 54.6 Å². The molecule has 43 heavy (non-hydrogen) atoms. The molecule has 2 N–H and O–H groups in total. The van der Waals surface area contributed by atoms with E-state index >= 15 is 8.78 Å². The number of benzene rings is 2. The van der Waals surface area contributed by atoms with Crippen LogP contribution in [0.3, 0.4) is 0 Å². The van der Waals surface area contributed by atoms with Crippen molar-refractivity contribution in [2.45, 2.75) is 25.0 Å². The van der Waals surface area contributed by atoms with E-state index in [0.29, 0.717) is 30.2 Å². The summed E-state index contributed by atoms with van der Waals surface area (Å²) in [5.74, 6) is -2.12. The molecule has 0 saturated carbocycles. The molecule has 2 aliphatic rings. The molecule has 6 rings (SSSR count). The molecule has 1 atom stereocenters. The number of pyridine rings is 1. The van der Waals surface area contributed by atoms with Crippen LogP contribution < -0.4 is 15.6 Å². The number of fused-ring (bicyclic) bond motifs is 1. The molecular weight excluding hydrogens is 603 g/mol. The van der Waals surface area contributed by atoms with Gasteiger partial charge < -0.3 is 15.2 Å². The predicted octanol–water partition coefficient (Wildman–Crippen LogP) is 5.02. The van der Waals surface area contributed by atoms with Crippen molar-refractivity contribution in [3.63, 3.8) is 0 Å². The first kappa shape index (κ1) is 29.2. The van der Waals surface area contributed by atoms with Gasteiger partial charge >= 0.3 is 0 Å². The third-order valence-electron chi connectivity index (χ3n) is 7.86. The summed E-state index contributed by atoms with van der Waals surface area (Å²) in [6.45, 7) is 1.15. The average Bonchev–Trinajstić information content (AvgIpc) is 3.39. The van der Waals surface area contributed by atoms with E-state index in [1.807, 2.05) is 6.07 Å². The first-order valence-corrected chi connectivity index (χ1v) is 14.1. The first-order chi connectivity index (χ1) is 20.6. The number of aromatic nitrogens is 3. The minimum Gasteiger partial charge on any atom is -0.481 e. The molecule has 1 aliphatic heterocycles. The molecule has 3 heterocycles. The highest BCUT2D eigenvalue weighted by molar-refractivity contribution is 6.39. The standard InChI is InChI=1S/C30H25Cl2F2N5O4/c1-38-30(42)17(9-10-35-38)28(41)36-20-7-6-19(34)25(27(20)32)24-18(33)5-4-16(26(24)31)21-11-14-3-8-22(39-12-15(40)13-39)23(14)29(37-21)43-2/h4-7,9-11,15,22,40H,3,8,12-13H2,1-2H3,(H,36,41)/t22-/m0/s1. The summed E-state index contributed by atoms with van der Waals surface area (Å²) in [4.78, 5) is 32.1. The van der Waals surface area contributed by atoms with Crippen LogP contribution in [0, 0.1) is 11.6 Å². The number of halogens is 4. The van der Waals surface area contributed by atoms with Gasteiger partial charge in [-0.05, 0) is 54.8 Å². The molecule has 0 spiro atoms. The SMILES string of the molecule is COc1nc(-c2ccc(F)c(-c3c(F)ccc(NC(=O)c4ccnn(C)c4=O)c3Cl)c2Cl)cc2c1[C@@H](N1CC(O)C1)CC2. The molecule has 1 fully saturated rings. The number of methoxy groups -OCH3 is 1. The van der Waals surface area contributed by atoms with Crippen molar-refractivity contribution in [2.75, 3.05) is 25.5 Å². The topological polar surface area (TPSA) is 110 Å². The third kappa shape index (κ3) is 5.06. The number of ether oxygens (including phenoxy) is 1. The van der Waals surface area contributed by atoms with Crippen LogP contribution in [0.5, 0.6) is 5.88 Å². The van der Waals surface area contributed by atoms with Gasteiger partial charge in [0.15, 0.2) is 0 Å². The number of hydrogen-bond donors (Lipinski definition) is 2. The summed E-state index contributed by atoms with van der Waals surface area (Å²) >= 11 is 13.3. The number of hydrogen-bond acceptors (Lipinski definition) is 7. The predicted molar refractivity (Wildman–Crippen MR) is 158 cm³/mol. The van der Waals surface area contributed by atoms with Crippen LogP contribution in [-0.4, -0.2) is 57.0 Å². The Morgan fingerprint density at radius 1 is 1.09 bits per heavy atom. The summed E-state index contributed by atoms with van der Waals surface area (Å²) in [5.41, 5.74) is 1.07. The fraction of sp³-hybridized carbons (Fsp3) is 0.267. The molecule has 222 valence electrons. The largest absolute Gasteiger partial charge is 0.481 e. The molecule has 2 aromatic carbocycles. The smallest absolute Gasteiger partial charge is 0.279 e. The number of nitrogens with zero attached hydrogens (tertiary/aromatic N) is 4. The number of rotatable bonds is 6. The molecule has 1 amide bonds. The molecular formula is C30H25Cl2F2N5O4. The van der Waals surface area contributed by atoms with Crippen LogP contribution >= 0.6 is 23.2 Å². The highest BCUT2D eigenvalue weighted by atomic mass is 35.5. The van der Waals surface area contributed by atoms with E-state index in [2.05, 4.69) is 20.3 Å². The third-order valence-corrected chi connectivity index (χ3v) is 8.65. The number of carbonyl (C=O) groups excluding carboxylic acids is 1. The maximum absolute atomic E-state index is 15.4. The van der Waals surface area contributed by atoms with Gasteiger partial charge in [-0.15, -0.1) is 0 Å². The molecule has 9 nitrogen and oxygen atoms in total. The maximum Gasteiger partial charge on any atom is 0.279 e. The van der Waals surface area contributed by atoms with Gasteiger partial charge in [-0.25, -0.2) is 18.4 Å². The Morgan fingerprint density at radius 2 is 1.79 bits per heavy atom. The van der Waals surface area contributed by atoms with E-state index in [1.54, 1.807) is 0 Å². The Morgan fingerprint density at radius 3 is 2.49 bits per heavy atom. The van der Waals surface area contributed by atoms with Crippen molar-refractivity contribution in [1.29, 1.82) is 0 Å². The second-order valence-corrected chi connectivity index (χ2v) is 11.2. The Hall–Kier alpha value is -3.90. The quantitative estimate of drug-likeness (QED) is 0.309. The number of anilines is 1. The zero-order chi connectivity index (χ0) is 30.6. The number of aliphatic hydroxyl groups excluding tert-OH is 1. The lowest BCUT2D eigenvalue weighted by molar-refractivity contribution is -0.0256. The maximum atomic E-state index is 15.4. The number of β-amino-alcohol motifs (C(OH)–C–C–N with tert-alkyl or cyclic N) is 1. The minimum absolute atomic E-state index is 0.0534. The highest BCUT2D eigenvalue weighted by Gasteiger charge is 2.38. The average molecular weight is 628 g/mol. The Kier molecular flexibility index (Phi) is 7.67. The summed E-state index contributed by atoms with van der Waals surface area (Å²) in [7, 11) is 2.91. The van der Waals surface area contributed by atoms with Crippen molar-refractivity contribution >= 4 is 34.8 Å². The van der Waals surface area contributed by atoms with Crippen LogP contribution in [0.1, 0.15) is 33.9 Å². The second-order valence-electron chi connectivity index (χ2n) is 10.4. The number of aryl methyl sites for hydroxylation is 2. The molecule has 0 unspecified atom stereocenters. The molecule has 4 aromatic rings. The Labute approximate surface area is 254 Å². The lowest BCUT2D eigenvalue weighted by atomic mass is 9.97. The van der Waals surface area contributed by atoms with E-state index in [9.17, 15) is 14.7 Å². The van der Waals surface area contributed by atoms with Crippen molar-refractivity contribution in [1.82, 2.24) is 19.7 Å².